The second-order valence-electron chi connectivity index (χ2n) is 4.39. The lowest BCUT2D eigenvalue weighted by Gasteiger charge is -2.09. The first-order valence-corrected chi connectivity index (χ1v) is 5.48. The van der Waals surface area contributed by atoms with Crippen molar-refractivity contribution < 1.29 is 0 Å². The summed E-state index contributed by atoms with van der Waals surface area (Å²) in [5, 5.41) is 0. The van der Waals surface area contributed by atoms with Crippen molar-refractivity contribution in [3.63, 3.8) is 0 Å². The molecule has 0 amide bonds. The summed E-state index contributed by atoms with van der Waals surface area (Å²) in [6.07, 6.45) is 2.84. The van der Waals surface area contributed by atoms with Crippen molar-refractivity contribution in [3.8, 4) is 0 Å². The zero-order chi connectivity index (χ0) is 11.7. The first-order valence-electron chi connectivity index (χ1n) is 5.48. The van der Waals surface area contributed by atoms with Crippen molar-refractivity contribution in [3.05, 3.63) is 30.1 Å². The first kappa shape index (κ1) is 11.0. The van der Waals surface area contributed by atoms with Gasteiger partial charge in [-0.1, -0.05) is 6.07 Å². The van der Waals surface area contributed by atoms with Gasteiger partial charge in [-0.25, -0.2) is 4.98 Å². The Labute approximate surface area is 95.7 Å². The van der Waals surface area contributed by atoms with Gasteiger partial charge in [-0.05, 0) is 19.1 Å². The highest BCUT2D eigenvalue weighted by atomic mass is 15.3. The van der Waals surface area contributed by atoms with Crippen LogP contribution in [-0.2, 0) is 6.42 Å². The molecule has 1 atom stereocenters. The van der Waals surface area contributed by atoms with Crippen LogP contribution in [0.3, 0.4) is 0 Å². The second-order valence-corrected chi connectivity index (χ2v) is 4.39. The highest BCUT2D eigenvalue weighted by Gasteiger charge is 2.12. The maximum absolute atomic E-state index is 5.84. The van der Waals surface area contributed by atoms with Gasteiger partial charge in [0, 0.05) is 32.8 Å². The van der Waals surface area contributed by atoms with Gasteiger partial charge in [-0.2, -0.15) is 0 Å². The van der Waals surface area contributed by atoms with Crippen molar-refractivity contribution in [2.75, 3.05) is 19.0 Å². The fourth-order valence-corrected chi connectivity index (χ4v) is 1.86. The van der Waals surface area contributed by atoms with E-state index >= 15 is 0 Å². The maximum atomic E-state index is 5.84. The molecule has 0 aliphatic heterocycles. The Bertz CT molecular complexity index is 485. The van der Waals surface area contributed by atoms with Gasteiger partial charge in [-0.15, -0.1) is 0 Å². The maximum Gasteiger partial charge on any atom is 0.209 e. The topological polar surface area (TPSA) is 46.6 Å². The van der Waals surface area contributed by atoms with Crippen LogP contribution in [0.15, 0.2) is 24.4 Å². The van der Waals surface area contributed by atoms with E-state index in [1.165, 1.54) is 0 Å². The van der Waals surface area contributed by atoms with Gasteiger partial charge in [0.1, 0.15) is 0 Å². The molecule has 0 saturated heterocycles. The summed E-state index contributed by atoms with van der Waals surface area (Å²) in [5.41, 5.74) is 8.05. The Morgan fingerprint density at radius 2 is 2.19 bits per heavy atom. The molecule has 86 valence electrons. The lowest BCUT2D eigenvalue weighted by molar-refractivity contribution is 0.728. The Kier molecular flexibility index (Phi) is 2.83. The lowest BCUT2D eigenvalue weighted by Crippen LogP contribution is -2.18. The van der Waals surface area contributed by atoms with E-state index in [1.807, 2.05) is 44.2 Å². The van der Waals surface area contributed by atoms with E-state index in [2.05, 4.69) is 15.5 Å². The van der Waals surface area contributed by atoms with E-state index in [4.69, 9.17) is 5.73 Å². The number of anilines is 1. The SMILES string of the molecule is CC(N)Cc1nc(N(C)C)n2ccccc12. The van der Waals surface area contributed by atoms with Crippen molar-refractivity contribution in [1.82, 2.24) is 9.38 Å². The number of aromatic nitrogens is 2. The summed E-state index contributed by atoms with van der Waals surface area (Å²) in [5.74, 6) is 0.950. The molecule has 4 heteroatoms. The molecule has 0 aliphatic rings. The smallest absolute Gasteiger partial charge is 0.209 e. The van der Waals surface area contributed by atoms with Gasteiger partial charge in [0.15, 0.2) is 0 Å². The van der Waals surface area contributed by atoms with E-state index in [-0.39, 0.29) is 6.04 Å². The van der Waals surface area contributed by atoms with E-state index in [1.54, 1.807) is 0 Å². The Hall–Kier alpha value is -1.55. The lowest BCUT2D eigenvalue weighted by atomic mass is 10.2. The zero-order valence-electron chi connectivity index (χ0n) is 10.0. The van der Waals surface area contributed by atoms with Crippen molar-refractivity contribution in [2.24, 2.45) is 5.73 Å². The summed E-state index contributed by atoms with van der Waals surface area (Å²) in [6, 6.07) is 6.25. The largest absolute Gasteiger partial charge is 0.348 e. The Balaban J connectivity index is 2.57. The van der Waals surface area contributed by atoms with Crippen LogP contribution in [0.25, 0.3) is 5.52 Å². The van der Waals surface area contributed by atoms with E-state index < -0.39 is 0 Å². The summed E-state index contributed by atoms with van der Waals surface area (Å²) in [7, 11) is 3.99. The first-order chi connectivity index (χ1) is 7.59. The van der Waals surface area contributed by atoms with Crippen LogP contribution in [0.2, 0.25) is 0 Å². The average molecular weight is 218 g/mol. The minimum Gasteiger partial charge on any atom is -0.348 e. The molecule has 16 heavy (non-hydrogen) atoms. The van der Waals surface area contributed by atoms with Crippen molar-refractivity contribution >= 4 is 11.5 Å². The molecule has 2 aromatic heterocycles. The van der Waals surface area contributed by atoms with Crippen LogP contribution in [-0.4, -0.2) is 29.5 Å². The van der Waals surface area contributed by atoms with Crippen LogP contribution in [0, 0.1) is 0 Å². The second kappa shape index (κ2) is 4.14. The minimum atomic E-state index is 0.133. The standard InChI is InChI=1S/C12H18N4/c1-9(13)8-10-11-6-4-5-7-16(11)12(14-10)15(2)3/h4-7,9H,8,13H2,1-3H3. The molecule has 2 N–H and O–H groups in total. The summed E-state index contributed by atoms with van der Waals surface area (Å²) in [6.45, 7) is 2.00. The third kappa shape index (κ3) is 1.88. The monoisotopic (exact) mass is 218 g/mol. The number of fused-ring (bicyclic) bond motifs is 1. The molecular formula is C12H18N4. The van der Waals surface area contributed by atoms with Crippen LogP contribution in [0.1, 0.15) is 12.6 Å². The highest BCUT2D eigenvalue weighted by Crippen LogP contribution is 2.19. The molecule has 0 aliphatic carbocycles. The molecule has 4 nitrogen and oxygen atoms in total. The number of pyridine rings is 1. The molecule has 2 rings (SSSR count). The van der Waals surface area contributed by atoms with Gasteiger partial charge in [0.05, 0.1) is 11.2 Å². The average Bonchev–Trinajstić information content (AvgIpc) is 2.57. The molecular weight excluding hydrogens is 200 g/mol. The highest BCUT2D eigenvalue weighted by molar-refractivity contribution is 5.58. The molecule has 1 unspecified atom stereocenters. The third-order valence-corrected chi connectivity index (χ3v) is 2.52. The van der Waals surface area contributed by atoms with E-state index in [0.717, 1.165) is 23.6 Å². The van der Waals surface area contributed by atoms with Crippen LogP contribution < -0.4 is 10.6 Å². The number of nitrogens with zero attached hydrogens (tertiary/aromatic N) is 3. The fraction of sp³-hybridized carbons (Fsp3) is 0.417. The van der Waals surface area contributed by atoms with Gasteiger partial charge < -0.3 is 10.6 Å². The van der Waals surface area contributed by atoms with Crippen LogP contribution >= 0.6 is 0 Å². The number of nitrogens with two attached hydrogens (primary N) is 1. The number of hydrogen-bond donors (Lipinski definition) is 1. The van der Waals surface area contributed by atoms with E-state index in [0.29, 0.717) is 0 Å². The van der Waals surface area contributed by atoms with Gasteiger partial charge >= 0.3 is 0 Å². The predicted octanol–water partition coefficient (Wildman–Crippen LogP) is 1.29. The molecule has 2 aromatic rings. The molecule has 0 bridgehead atoms. The Morgan fingerprint density at radius 3 is 2.81 bits per heavy atom. The minimum absolute atomic E-state index is 0.133. The molecule has 0 spiro atoms. The number of rotatable bonds is 3. The fourth-order valence-electron chi connectivity index (χ4n) is 1.86. The molecule has 2 heterocycles. The summed E-state index contributed by atoms with van der Waals surface area (Å²) >= 11 is 0. The third-order valence-electron chi connectivity index (χ3n) is 2.52. The molecule has 0 radical (unpaired) electrons. The predicted molar refractivity (Wildman–Crippen MR) is 66.9 cm³/mol. The quantitative estimate of drug-likeness (QED) is 0.844. The zero-order valence-corrected chi connectivity index (χ0v) is 10.0. The van der Waals surface area contributed by atoms with Crippen LogP contribution in [0.4, 0.5) is 5.95 Å². The Morgan fingerprint density at radius 1 is 1.44 bits per heavy atom. The number of imidazole rings is 1. The van der Waals surface area contributed by atoms with Crippen LogP contribution in [0.5, 0.6) is 0 Å². The van der Waals surface area contributed by atoms with Crippen molar-refractivity contribution in [2.45, 2.75) is 19.4 Å². The van der Waals surface area contributed by atoms with Gasteiger partial charge in [0.25, 0.3) is 0 Å². The van der Waals surface area contributed by atoms with E-state index in [9.17, 15) is 0 Å². The molecule has 0 fully saturated rings. The summed E-state index contributed by atoms with van der Waals surface area (Å²) < 4.78 is 2.09. The normalized spacial score (nSPS) is 13.0. The molecule has 0 saturated carbocycles. The number of hydrogen-bond acceptors (Lipinski definition) is 3. The molecule has 0 aromatic carbocycles. The summed E-state index contributed by atoms with van der Waals surface area (Å²) in [4.78, 5) is 6.65. The van der Waals surface area contributed by atoms with Gasteiger partial charge in [-0.3, -0.25) is 4.40 Å². The van der Waals surface area contributed by atoms with Gasteiger partial charge in [0.2, 0.25) is 5.95 Å². The van der Waals surface area contributed by atoms with Crippen molar-refractivity contribution in [1.29, 1.82) is 0 Å².